The lowest BCUT2D eigenvalue weighted by Crippen LogP contribution is -2.10. The van der Waals surface area contributed by atoms with Crippen LogP contribution in [-0.4, -0.2) is 30.9 Å². The Morgan fingerprint density at radius 3 is 1.52 bits per heavy atom. The number of rotatable bonds is 15. The number of hydrogen-bond donors (Lipinski definition) is 1. The van der Waals surface area contributed by atoms with Crippen LogP contribution in [-0.2, 0) is 19.1 Å². The molecule has 27 heavy (non-hydrogen) atoms. The summed E-state index contributed by atoms with van der Waals surface area (Å²) < 4.78 is 10.1. The molecular formula is C22H44O4S. The Kier molecular flexibility index (Phi) is 22.8. The number of carbonyl (C=O) groups excluding carboxylic acids is 2. The molecule has 162 valence electrons. The van der Waals surface area contributed by atoms with Crippen molar-refractivity contribution in [3.63, 3.8) is 0 Å². The zero-order chi connectivity index (χ0) is 20.9. The highest BCUT2D eigenvalue weighted by atomic mass is 32.1. The minimum absolute atomic E-state index is 0.0775. The van der Waals surface area contributed by atoms with Crippen molar-refractivity contribution in [2.45, 2.75) is 98.8 Å². The molecule has 2 unspecified atom stereocenters. The van der Waals surface area contributed by atoms with Crippen molar-refractivity contribution in [1.82, 2.24) is 0 Å². The maximum Gasteiger partial charge on any atom is 0.306 e. The zero-order valence-corrected chi connectivity index (χ0v) is 19.3. The van der Waals surface area contributed by atoms with Crippen LogP contribution in [0.1, 0.15) is 98.8 Å². The summed E-state index contributed by atoms with van der Waals surface area (Å²) in [5, 5.41) is 0. The molecule has 0 radical (unpaired) electrons. The Balaban J connectivity index is 0. The van der Waals surface area contributed by atoms with Crippen molar-refractivity contribution in [1.29, 1.82) is 0 Å². The molecule has 0 aromatic carbocycles. The van der Waals surface area contributed by atoms with Gasteiger partial charge in [0.2, 0.25) is 0 Å². The lowest BCUT2D eigenvalue weighted by Gasteiger charge is -2.13. The van der Waals surface area contributed by atoms with Gasteiger partial charge in [0.1, 0.15) is 0 Å². The first kappa shape index (κ1) is 28.5. The molecule has 0 bridgehead atoms. The smallest absolute Gasteiger partial charge is 0.306 e. The van der Waals surface area contributed by atoms with E-state index in [9.17, 15) is 9.59 Å². The van der Waals surface area contributed by atoms with Gasteiger partial charge in [-0.05, 0) is 24.7 Å². The second-order valence-electron chi connectivity index (χ2n) is 6.97. The number of ether oxygens (including phenoxy) is 2. The van der Waals surface area contributed by atoms with E-state index in [0.717, 1.165) is 18.8 Å². The third-order valence-corrected chi connectivity index (χ3v) is 4.96. The van der Waals surface area contributed by atoms with Crippen molar-refractivity contribution in [2.75, 3.05) is 19.0 Å². The molecular weight excluding hydrogens is 360 g/mol. The van der Waals surface area contributed by atoms with E-state index >= 15 is 0 Å². The van der Waals surface area contributed by atoms with E-state index in [1.165, 1.54) is 38.5 Å². The molecule has 0 rings (SSSR count). The summed E-state index contributed by atoms with van der Waals surface area (Å²) >= 11 is 3.97. The van der Waals surface area contributed by atoms with Crippen LogP contribution < -0.4 is 0 Å². The van der Waals surface area contributed by atoms with Gasteiger partial charge in [-0.1, -0.05) is 73.1 Å². The molecule has 5 heteroatoms. The van der Waals surface area contributed by atoms with Crippen LogP contribution in [0.5, 0.6) is 0 Å². The third kappa shape index (κ3) is 19.8. The summed E-state index contributed by atoms with van der Waals surface area (Å²) in [6, 6.07) is 0. The van der Waals surface area contributed by atoms with E-state index in [-0.39, 0.29) is 11.9 Å². The second kappa shape index (κ2) is 21.6. The van der Waals surface area contributed by atoms with Crippen LogP contribution in [0.3, 0.4) is 0 Å². The van der Waals surface area contributed by atoms with Gasteiger partial charge in [0.25, 0.3) is 0 Å². The van der Waals surface area contributed by atoms with Crippen molar-refractivity contribution in [3.05, 3.63) is 0 Å². The van der Waals surface area contributed by atoms with Gasteiger partial charge in [-0.15, -0.1) is 0 Å². The van der Waals surface area contributed by atoms with E-state index in [1.807, 2.05) is 6.92 Å². The van der Waals surface area contributed by atoms with E-state index in [1.54, 1.807) is 0 Å². The van der Waals surface area contributed by atoms with E-state index < -0.39 is 0 Å². The minimum Gasteiger partial charge on any atom is -0.466 e. The standard InChI is InChI=1S/C11H22O2S.C11H22O2/c1-3-5-10(4-2)6-8-13-11(12)7-9-14;1-4-7-10(5-2)8-9-13-11(12)6-3/h10,14H,3-9H2,1-2H3;10H,4-9H2,1-3H3. The quantitative estimate of drug-likeness (QED) is 0.260. The Morgan fingerprint density at radius 2 is 1.19 bits per heavy atom. The van der Waals surface area contributed by atoms with Gasteiger partial charge in [-0.3, -0.25) is 9.59 Å². The molecule has 0 aliphatic rings. The molecule has 2 atom stereocenters. The number of thiol groups is 1. The summed E-state index contributed by atoms with van der Waals surface area (Å²) in [6.07, 6.45) is 10.2. The fourth-order valence-electron chi connectivity index (χ4n) is 2.87. The monoisotopic (exact) mass is 404 g/mol. The van der Waals surface area contributed by atoms with E-state index in [4.69, 9.17) is 9.47 Å². The number of carbonyl (C=O) groups is 2. The van der Waals surface area contributed by atoms with Gasteiger partial charge < -0.3 is 9.47 Å². The molecule has 0 amide bonds. The SMILES string of the molecule is CCCC(CC)CCOC(=O)CC.CCCC(CC)CCOC(=O)CCS. The number of esters is 2. The van der Waals surface area contributed by atoms with Gasteiger partial charge in [0.05, 0.1) is 19.6 Å². The first-order chi connectivity index (χ1) is 13.0. The molecule has 0 aliphatic carbocycles. The van der Waals surface area contributed by atoms with Gasteiger partial charge in [0.15, 0.2) is 0 Å². The molecule has 0 fully saturated rings. The Morgan fingerprint density at radius 1 is 0.741 bits per heavy atom. The highest BCUT2D eigenvalue weighted by Crippen LogP contribution is 2.15. The van der Waals surface area contributed by atoms with Crippen molar-refractivity contribution in [3.8, 4) is 0 Å². The predicted octanol–water partition coefficient (Wildman–Crippen LogP) is 6.22. The highest BCUT2D eigenvalue weighted by Gasteiger charge is 2.07. The second-order valence-corrected chi connectivity index (χ2v) is 7.42. The van der Waals surface area contributed by atoms with Gasteiger partial charge in [-0.25, -0.2) is 0 Å². The average molecular weight is 405 g/mol. The third-order valence-electron chi connectivity index (χ3n) is 4.73. The molecule has 0 saturated heterocycles. The molecule has 0 aromatic heterocycles. The number of hydrogen-bond acceptors (Lipinski definition) is 5. The molecule has 0 aromatic rings. The zero-order valence-electron chi connectivity index (χ0n) is 18.4. The van der Waals surface area contributed by atoms with Crippen LogP contribution in [0.25, 0.3) is 0 Å². The van der Waals surface area contributed by atoms with Crippen molar-refractivity contribution in [2.24, 2.45) is 11.8 Å². The summed E-state index contributed by atoms with van der Waals surface area (Å²) in [5.74, 6) is 1.82. The van der Waals surface area contributed by atoms with E-state index in [0.29, 0.717) is 37.7 Å². The van der Waals surface area contributed by atoms with Gasteiger partial charge in [-0.2, -0.15) is 12.6 Å². The Hall–Kier alpha value is -0.710. The summed E-state index contributed by atoms with van der Waals surface area (Å²) in [6.45, 7) is 11.8. The predicted molar refractivity (Wildman–Crippen MR) is 117 cm³/mol. The first-order valence-corrected chi connectivity index (χ1v) is 11.5. The molecule has 4 nitrogen and oxygen atoms in total. The average Bonchev–Trinajstić information content (AvgIpc) is 2.67. The minimum atomic E-state index is -0.119. The summed E-state index contributed by atoms with van der Waals surface area (Å²) in [7, 11) is 0. The largest absolute Gasteiger partial charge is 0.466 e. The van der Waals surface area contributed by atoms with Gasteiger partial charge in [0, 0.05) is 12.2 Å². The van der Waals surface area contributed by atoms with Crippen LogP contribution in [0, 0.1) is 11.8 Å². The fraction of sp³-hybridized carbons (Fsp3) is 0.909. The molecule has 0 saturated carbocycles. The molecule has 0 N–H and O–H groups in total. The summed E-state index contributed by atoms with van der Waals surface area (Å²) in [4.78, 5) is 21.8. The highest BCUT2D eigenvalue weighted by molar-refractivity contribution is 7.80. The first-order valence-electron chi connectivity index (χ1n) is 10.9. The van der Waals surface area contributed by atoms with Crippen molar-refractivity contribution >= 4 is 24.6 Å². The fourth-order valence-corrected chi connectivity index (χ4v) is 3.05. The molecule has 0 spiro atoms. The van der Waals surface area contributed by atoms with Crippen LogP contribution in [0.15, 0.2) is 0 Å². The maximum atomic E-state index is 11.0. The lowest BCUT2D eigenvalue weighted by atomic mass is 9.98. The van der Waals surface area contributed by atoms with Crippen molar-refractivity contribution < 1.29 is 19.1 Å². The van der Waals surface area contributed by atoms with Crippen LogP contribution in [0.4, 0.5) is 0 Å². The van der Waals surface area contributed by atoms with E-state index in [2.05, 4.69) is 40.3 Å². The lowest BCUT2D eigenvalue weighted by molar-refractivity contribution is -0.144. The molecule has 0 heterocycles. The Labute approximate surface area is 173 Å². The summed E-state index contributed by atoms with van der Waals surface area (Å²) in [5.41, 5.74) is 0. The Bertz CT molecular complexity index is 347. The van der Waals surface area contributed by atoms with Crippen LogP contribution in [0.2, 0.25) is 0 Å². The van der Waals surface area contributed by atoms with Crippen LogP contribution >= 0.6 is 12.6 Å². The van der Waals surface area contributed by atoms with Gasteiger partial charge >= 0.3 is 11.9 Å². The maximum absolute atomic E-state index is 11.0. The topological polar surface area (TPSA) is 52.6 Å². The normalized spacial score (nSPS) is 12.5. The molecule has 0 aliphatic heterocycles.